The van der Waals surface area contributed by atoms with Crippen LogP contribution in [-0.4, -0.2) is 36.0 Å². The molecule has 0 unspecified atom stereocenters. The number of hydrogen-bond acceptors (Lipinski definition) is 5. The number of piperazine rings is 1. The summed E-state index contributed by atoms with van der Waals surface area (Å²) in [7, 11) is 0. The van der Waals surface area contributed by atoms with E-state index in [1.807, 2.05) is 5.38 Å². The molecule has 5 nitrogen and oxygen atoms in total. The van der Waals surface area contributed by atoms with E-state index < -0.39 is 0 Å². The van der Waals surface area contributed by atoms with Crippen molar-refractivity contribution in [3.63, 3.8) is 0 Å². The Bertz CT molecular complexity index is 439. The highest BCUT2D eigenvalue weighted by molar-refractivity contribution is 7.13. The highest BCUT2D eigenvalue weighted by Gasteiger charge is 2.24. The molecule has 2 heterocycles. The summed E-state index contributed by atoms with van der Waals surface area (Å²) in [5.74, 6) is 0. The third-order valence-corrected chi connectivity index (χ3v) is 4.74. The molecule has 0 bridgehead atoms. The molecule has 0 spiro atoms. The van der Waals surface area contributed by atoms with Crippen molar-refractivity contribution in [2.75, 3.05) is 26.2 Å². The molecule has 2 rings (SSSR count). The SMILES string of the molecule is CCCCC[C@@H](c1csc([N+](=O)[O-])c1)N1CCNCC1.Cl.Cl. The van der Waals surface area contributed by atoms with Gasteiger partial charge in [0, 0.05) is 43.7 Å². The Kier molecular flexibility index (Phi) is 11.0. The molecule has 0 amide bonds. The van der Waals surface area contributed by atoms with E-state index in [1.54, 1.807) is 6.07 Å². The van der Waals surface area contributed by atoms with Crippen LogP contribution in [0.4, 0.5) is 5.00 Å². The summed E-state index contributed by atoms with van der Waals surface area (Å²) in [5.41, 5.74) is 1.12. The van der Waals surface area contributed by atoms with Crippen LogP contribution in [0.1, 0.15) is 44.2 Å². The molecule has 8 heteroatoms. The maximum atomic E-state index is 10.9. The Morgan fingerprint density at radius 2 is 2.05 bits per heavy atom. The molecule has 0 saturated carbocycles. The van der Waals surface area contributed by atoms with Gasteiger partial charge in [0.15, 0.2) is 0 Å². The molecule has 22 heavy (non-hydrogen) atoms. The predicted molar refractivity (Wildman–Crippen MR) is 96.8 cm³/mol. The predicted octanol–water partition coefficient (Wildman–Crippen LogP) is 4.03. The molecule has 0 aromatic carbocycles. The molecule has 1 aromatic rings. The normalized spacial score (nSPS) is 16.4. The number of rotatable bonds is 7. The van der Waals surface area contributed by atoms with Gasteiger partial charge in [-0.2, -0.15) is 0 Å². The number of nitro groups is 1. The fourth-order valence-electron chi connectivity index (χ4n) is 2.75. The van der Waals surface area contributed by atoms with Gasteiger partial charge in [0.05, 0.1) is 4.92 Å². The molecule has 1 fully saturated rings. The van der Waals surface area contributed by atoms with Gasteiger partial charge in [-0.15, -0.1) is 24.8 Å². The van der Waals surface area contributed by atoms with E-state index in [-0.39, 0.29) is 34.7 Å². The van der Waals surface area contributed by atoms with E-state index in [4.69, 9.17) is 0 Å². The van der Waals surface area contributed by atoms with Crippen molar-refractivity contribution in [3.05, 3.63) is 27.1 Å². The second kappa shape index (κ2) is 11.2. The molecule has 1 N–H and O–H groups in total. The Hall–Kier alpha value is -0.400. The standard InChI is InChI=1S/C14H23N3O2S.2ClH/c1-2-3-4-5-13(16-8-6-15-7-9-16)12-10-14(17(18)19)20-11-12;;/h10-11,13,15H,2-9H2,1H3;2*1H/t13-;;/m0../s1. The van der Waals surface area contributed by atoms with Crippen molar-refractivity contribution >= 4 is 41.2 Å². The Morgan fingerprint density at radius 3 is 2.59 bits per heavy atom. The van der Waals surface area contributed by atoms with Crippen LogP contribution in [-0.2, 0) is 0 Å². The molecule has 1 saturated heterocycles. The summed E-state index contributed by atoms with van der Waals surface area (Å²) in [6.07, 6.45) is 4.73. The van der Waals surface area contributed by atoms with Gasteiger partial charge >= 0.3 is 5.00 Å². The lowest BCUT2D eigenvalue weighted by Crippen LogP contribution is -2.45. The fourth-order valence-corrected chi connectivity index (χ4v) is 3.52. The number of nitrogens with zero attached hydrogens (tertiary/aromatic N) is 2. The van der Waals surface area contributed by atoms with Crippen LogP contribution in [0, 0.1) is 10.1 Å². The van der Waals surface area contributed by atoms with Crippen molar-refractivity contribution in [2.45, 2.75) is 38.6 Å². The molecular formula is C14H25Cl2N3O2S. The smallest absolute Gasteiger partial charge is 0.314 e. The number of unbranched alkanes of at least 4 members (excludes halogenated alkanes) is 2. The van der Waals surface area contributed by atoms with Crippen LogP contribution >= 0.6 is 36.2 Å². The second-order valence-corrected chi connectivity index (χ2v) is 6.16. The highest BCUT2D eigenvalue weighted by Crippen LogP contribution is 2.33. The fraction of sp³-hybridized carbons (Fsp3) is 0.714. The number of halogens is 2. The topological polar surface area (TPSA) is 58.4 Å². The number of hydrogen-bond donors (Lipinski definition) is 1. The zero-order chi connectivity index (χ0) is 14.4. The largest absolute Gasteiger partial charge is 0.324 e. The monoisotopic (exact) mass is 369 g/mol. The minimum atomic E-state index is -0.283. The molecule has 128 valence electrons. The van der Waals surface area contributed by atoms with Gasteiger partial charge in [-0.3, -0.25) is 15.0 Å². The van der Waals surface area contributed by atoms with Crippen molar-refractivity contribution in [2.24, 2.45) is 0 Å². The zero-order valence-electron chi connectivity index (χ0n) is 12.8. The van der Waals surface area contributed by atoms with Gasteiger partial charge in [-0.1, -0.05) is 37.5 Å². The van der Waals surface area contributed by atoms with Crippen molar-refractivity contribution in [3.8, 4) is 0 Å². The van der Waals surface area contributed by atoms with Crippen LogP contribution in [0.15, 0.2) is 11.4 Å². The molecular weight excluding hydrogens is 345 g/mol. The third kappa shape index (κ3) is 6.01. The lowest BCUT2D eigenvalue weighted by molar-refractivity contribution is -0.380. The molecule has 1 atom stereocenters. The number of nitrogens with one attached hydrogen (secondary N) is 1. The molecule has 1 aromatic heterocycles. The van der Waals surface area contributed by atoms with E-state index in [9.17, 15) is 10.1 Å². The quantitative estimate of drug-likeness (QED) is 0.447. The number of thiophene rings is 1. The summed E-state index contributed by atoms with van der Waals surface area (Å²) >= 11 is 1.25. The second-order valence-electron chi connectivity index (χ2n) is 5.27. The summed E-state index contributed by atoms with van der Waals surface area (Å²) in [6.45, 7) is 6.28. The molecule has 1 aliphatic rings. The van der Waals surface area contributed by atoms with E-state index in [1.165, 1.54) is 30.6 Å². The minimum Gasteiger partial charge on any atom is -0.314 e. The first-order valence-electron chi connectivity index (χ1n) is 7.40. The minimum absolute atomic E-state index is 0. The molecule has 1 aliphatic heterocycles. The average molecular weight is 370 g/mol. The van der Waals surface area contributed by atoms with E-state index in [2.05, 4.69) is 17.1 Å². The lowest BCUT2D eigenvalue weighted by Gasteiger charge is -2.34. The van der Waals surface area contributed by atoms with E-state index in [0.717, 1.165) is 38.2 Å². The van der Waals surface area contributed by atoms with Gasteiger partial charge in [0.1, 0.15) is 0 Å². The first kappa shape index (κ1) is 21.6. The van der Waals surface area contributed by atoms with Gasteiger partial charge in [-0.05, 0) is 12.0 Å². The highest BCUT2D eigenvalue weighted by atomic mass is 35.5. The Labute approximate surface area is 148 Å². The van der Waals surface area contributed by atoms with E-state index in [0.29, 0.717) is 6.04 Å². The van der Waals surface area contributed by atoms with Crippen LogP contribution in [0.5, 0.6) is 0 Å². The lowest BCUT2D eigenvalue weighted by atomic mass is 10.0. The van der Waals surface area contributed by atoms with Crippen LogP contribution in [0.25, 0.3) is 0 Å². The van der Waals surface area contributed by atoms with Crippen LogP contribution in [0.3, 0.4) is 0 Å². The van der Waals surface area contributed by atoms with Gasteiger partial charge < -0.3 is 5.32 Å². The zero-order valence-corrected chi connectivity index (χ0v) is 15.3. The molecule has 0 radical (unpaired) electrons. The summed E-state index contributed by atoms with van der Waals surface area (Å²) in [6, 6.07) is 2.11. The molecule has 0 aliphatic carbocycles. The summed E-state index contributed by atoms with van der Waals surface area (Å²) in [4.78, 5) is 13.1. The Balaban J connectivity index is 0.00000220. The average Bonchev–Trinajstić information content (AvgIpc) is 2.94. The first-order valence-corrected chi connectivity index (χ1v) is 8.28. The van der Waals surface area contributed by atoms with Gasteiger partial charge in [0.25, 0.3) is 0 Å². The van der Waals surface area contributed by atoms with Crippen molar-refractivity contribution < 1.29 is 4.92 Å². The Morgan fingerprint density at radius 1 is 1.36 bits per heavy atom. The maximum Gasteiger partial charge on any atom is 0.324 e. The third-order valence-electron chi connectivity index (χ3n) is 3.84. The van der Waals surface area contributed by atoms with Crippen LogP contribution in [0.2, 0.25) is 0 Å². The maximum absolute atomic E-state index is 10.9. The van der Waals surface area contributed by atoms with E-state index >= 15 is 0 Å². The van der Waals surface area contributed by atoms with Crippen LogP contribution < -0.4 is 5.32 Å². The summed E-state index contributed by atoms with van der Waals surface area (Å²) in [5, 5.41) is 16.5. The van der Waals surface area contributed by atoms with Gasteiger partial charge in [0.2, 0.25) is 0 Å². The first-order chi connectivity index (χ1) is 9.72. The van der Waals surface area contributed by atoms with Crippen molar-refractivity contribution in [1.82, 2.24) is 10.2 Å². The van der Waals surface area contributed by atoms with Crippen molar-refractivity contribution in [1.29, 1.82) is 0 Å². The summed E-state index contributed by atoms with van der Waals surface area (Å²) < 4.78 is 0. The van der Waals surface area contributed by atoms with Gasteiger partial charge in [-0.25, -0.2) is 0 Å².